The number of halogens is 13. The summed E-state index contributed by atoms with van der Waals surface area (Å²) in [6, 6.07) is 0.850. The van der Waals surface area contributed by atoms with E-state index in [0.29, 0.717) is 12.1 Å². The van der Waals surface area contributed by atoms with Crippen molar-refractivity contribution in [1.29, 1.82) is 0 Å². The molecule has 1 nitrogen and oxygen atoms in total. The van der Waals surface area contributed by atoms with Gasteiger partial charge in [-0.3, -0.25) is 4.79 Å². The molecule has 14 heteroatoms. The third kappa shape index (κ3) is 4.29. The van der Waals surface area contributed by atoms with Gasteiger partial charge in [0.2, 0.25) is 0 Å². The molecule has 0 heterocycles. The molecule has 0 aromatic heterocycles. The van der Waals surface area contributed by atoms with Crippen LogP contribution in [0.3, 0.4) is 0 Å². The van der Waals surface area contributed by atoms with Crippen LogP contribution >= 0.6 is 0 Å². The van der Waals surface area contributed by atoms with Gasteiger partial charge < -0.3 is 0 Å². The lowest BCUT2D eigenvalue weighted by Gasteiger charge is -2.39. The van der Waals surface area contributed by atoms with Crippen LogP contribution in [0.5, 0.6) is 0 Å². The fourth-order valence-corrected chi connectivity index (χ4v) is 2.03. The predicted molar refractivity (Wildman–Crippen MR) is 70.8 cm³/mol. The van der Waals surface area contributed by atoms with Crippen molar-refractivity contribution in [2.24, 2.45) is 0 Å². The Balaban J connectivity index is 3.38. The van der Waals surface area contributed by atoms with Crippen LogP contribution in [-0.4, -0.2) is 36.2 Å². The van der Waals surface area contributed by atoms with Crippen molar-refractivity contribution in [2.75, 3.05) is 0 Å². The van der Waals surface area contributed by atoms with Crippen LogP contribution in [0.1, 0.15) is 28.8 Å². The van der Waals surface area contributed by atoms with E-state index in [-0.39, 0.29) is 18.4 Å². The normalized spacial score (nSPS) is 14.8. The highest BCUT2D eigenvalue weighted by Gasteiger charge is 2.86. The Morgan fingerprint density at radius 3 is 1.45 bits per heavy atom. The minimum absolute atomic E-state index is 0.00629. The van der Waals surface area contributed by atoms with Crippen molar-refractivity contribution in [3.8, 4) is 0 Å². The van der Waals surface area contributed by atoms with E-state index in [9.17, 15) is 61.9 Å². The van der Waals surface area contributed by atoms with Crippen molar-refractivity contribution in [2.45, 2.75) is 48.6 Å². The molecule has 0 amide bonds. The summed E-state index contributed by atoms with van der Waals surface area (Å²) in [5, 5.41) is 0. The Hall–Kier alpha value is -2.02. The van der Waals surface area contributed by atoms with Crippen LogP contribution < -0.4 is 0 Å². The summed E-state index contributed by atoms with van der Waals surface area (Å²) in [5.41, 5.74) is -2.43. The summed E-state index contributed by atoms with van der Waals surface area (Å²) in [6.07, 6.45) is -11.3. The Labute approximate surface area is 153 Å². The van der Waals surface area contributed by atoms with Crippen molar-refractivity contribution < 1.29 is 61.9 Å². The van der Waals surface area contributed by atoms with Gasteiger partial charge in [0.05, 0.1) is 0 Å². The Morgan fingerprint density at radius 1 is 0.621 bits per heavy atom. The number of hydrogen-bond acceptors (Lipinski definition) is 1. The monoisotopic (exact) mass is 452 g/mol. The quantitative estimate of drug-likeness (QED) is 0.326. The summed E-state index contributed by atoms with van der Waals surface area (Å²) < 4.78 is 172. The molecule has 0 saturated carbocycles. The molecule has 1 rings (SSSR count). The second-order valence-corrected chi connectivity index (χ2v) is 5.86. The van der Waals surface area contributed by atoms with Gasteiger partial charge in [0.15, 0.2) is 0 Å². The maximum atomic E-state index is 13.9. The van der Waals surface area contributed by atoms with E-state index in [2.05, 4.69) is 0 Å². The fourth-order valence-electron chi connectivity index (χ4n) is 2.03. The average molecular weight is 452 g/mol. The van der Waals surface area contributed by atoms with Crippen LogP contribution in [-0.2, 0) is 5.92 Å². The van der Waals surface area contributed by atoms with Gasteiger partial charge in [0.1, 0.15) is 6.29 Å². The molecule has 0 fully saturated rings. The number of carbonyl (C=O) groups is 1. The van der Waals surface area contributed by atoms with Gasteiger partial charge in [-0.1, -0.05) is 24.3 Å². The van der Waals surface area contributed by atoms with Gasteiger partial charge in [-0.2, -0.15) is 57.1 Å². The minimum Gasteiger partial charge on any atom is -0.298 e. The lowest BCUT2D eigenvalue weighted by atomic mass is 9.89. The van der Waals surface area contributed by atoms with Gasteiger partial charge in [0, 0.05) is 24.0 Å². The third-order valence-corrected chi connectivity index (χ3v) is 3.77. The maximum absolute atomic E-state index is 13.9. The average Bonchev–Trinajstić information content (AvgIpc) is 2.58. The van der Waals surface area contributed by atoms with Crippen molar-refractivity contribution in [1.82, 2.24) is 0 Å². The smallest absolute Gasteiger partial charge is 0.298 e. The number of alkyl halides is 13. The van der Waals surface area contributed by atoms with Crippen LogP contribution in [0.15, 0.2) is 24.3 Å². The highest BCUT2D eigenvalue weighted by atomic mass is 19.4. The van der Waals surface area contributed by atoms with Gasteiger partial charge in [0.25, 0.3) is 0 Å². The first-order chi connectivity index (χ1) is 12.7. The first kappa shape index (κ1) is 25.0. The van der Waals surface area contributed by atoms with E-state index in [0.717, 1.165) is 0 Å². The number of carbonyl (C=O) groups excluding carboxylic acids is 1. The highest BCUT2D eigenvalue weighted by Crippen LogP contribution is 2.60. The molecule has 166 valence electrons. The molecule has 0 N–H and O–H groups in total. The first-order valence-corrected chi connectivity index (χ1v) is 7.26. The molecule has 0 aliphatic carbocycles. The Kier molecular flexibility index (Phi) is 6.34. The maximum Gasteiger partial charge on any atom is 0.389 e. The van der Waals surface area contributed by atoms with Gasteiger partial charge >= 0.3 is 35.8 Å². The van der Waals surface area contributed by atoms with Gasteiger partial charge in [-0.15, -0.1) is 0 Å². The summed E-state index contributed by atoms with van der Waals surface area (Å²) in [7, 11) is 0. The number of hydrogen-bond donors (Lipinski definition) is 0. The number of rotatable bonds is 8. The molecule has 1 aromatic rings. The lowest BCUT2D eigenvalue weighted by Crippen LogP contribution is -2.66. The van der Waals surface area contributed by atoms with Crippen molar-refractivity contribution >= 4 is 6.29 Å². The standard InChI is InChI=1S/C15H9F13O/c16-10(17,5-6-11(18,19)20)13(23,24)15(27,28)14(25,26)12(21,22)9-3-1-8(7-29)2-4-9/h1-4,7H,5-6H2. The molecule has 0 unspecified atom stereocenters. The van der Waals surface area contributed by atoms with E-state index < -0.39 is 59.8 Å². The zero-order valence-corrected chi connectivity index (χ0v) is 13.6. The van der Waals surface area contributed by atoms with Crippen molar-refractivity contribution in [3.63, 3.8) is 0 Å². The highest BCUT2D eigenvalue weighted by molar-refractivity contribution is 5.74. The summed E-state index contributed by atoms with van der Waals surface area (Å²) in [6.45, 7) is 0. The Morgan fingerprint density at radius 2 is 1.07 bits per heavy atom. The molecule has 0 saturated heterocycles. The van der Waals surface area contributed by atoms with E-state index in [1.54, 1.807) is 0 Å². The van der Waals surface area contributed by atoms with Gasteiger partial charge in [-0.25, -0.2) is 0 Å². The molecule has 0 bridgehead atoms. The molecule has 0 atom stereocenters. The summed E-state index contributed by atoms with van der Waals surface area (Å²) in [5.74, 6) is -34.5. The molecule has 1 aromatic carbocycles. The molecule has 0 aliphatic heterocycles. The van der Waals surface area contributed by atoms with Crippen LogP contribution in [0.4, 0.5) is 57.1 Å². The molecular formula is C15H9F13O. The van der Waals surface area contributed by atoms with E-state index in [1.807, 2.05) is 0 Å². The van der Waals surface area contributed by atoms with E-state index in [1.165, 1.54) is 0 Å². The van der Waals surface area contributed by atoms with Gasteiger partial charge in [-0.05, 0) is 0 Å². The van der Waals surface area contributed by atoms with Crippen LogP contribution in [0.25, 0.3) is 0 Å². The fraction of sp³-hybridized carbons (Fsp3) is 0.533. The van der Waals surface area contributed by atoms with E-state index >= 15 is 0 Å². The zero-order valence-electron chi connectivity index (χ0n) is 13.6. The topological polar surface area (TPSA) is 17.1 Å². The molecular weight excluding hydrogens is 443 g/mol. The summed E-state index contributed by atoms with van der Waals surface area (Å²) in [4.78, 5) is 10.4. The largest absolute Gasteiger partial charge is 0.389 e. The third-order valence-electron chi connectivity index (χ3n) is 3.77. The second kappa shape index (κ2) is 7.35. The van der Waals surface area contributed by atoms with Crippen molar-refractivity contribution in [3.05, 3.63) is 35.4 Å². The zero-order chi connectivity index (χ0) is 23.1. The van der Waals surface area contributed by atoms with Crippen LogP contribution in [0, 0.1) is 0 Å². The molecule has 0 aliphatic rings. The molecule has 0 spiro atoms. The predicted octanol–water partition coefficient (Wildman–Crippen LogP) is 6.47. The van der Waals surface area contributed by atoms with E-state index in [4.69, 9.17) is 0 Å². The Bertz CT molecular complexity index is 719. The lowest BCUT2D eigenvalue weighted by molar-refractivity contribution is -0.406. The van der Waals surface area contributed by atoms with Crippen LogP contribution in [0.2, 0.25) is 0 Å². The number of aldehydes is 1. The first-order valence-electron chi connectivity index (χ1n) is 7.26. The number of benzene rings is 1. The minimum atomic E-state index is -7.47. The SMILES string of the molecule is O=Cc1ccc(C(F)(F)C(F)(F)C(F)(F)C(F)(F)C(F)(F)CCC(F)(F)F)cc1. The summed E-state index contributed by atoms with van der Waals surface area (Å²) >= 11 is 0. The second-order valence-electron chi connectivity index (χ2n) is 5.86. The molecule has 29 heavy (non-hydrogen) atoms. The molecule has 0 radical (unpaired) electrons.